The molecule has 0 aromatic heterocycles. The molecule has 35 heavy (non-hydrogen) atoms. The first kappa shape index (κ1) is 21.8. The summed E-state index contributed by atoms with van der Waals surface area (Å²) < 4.78 is 0.819. The summed E-state index contributed by atoms with van der Waals surface area (Å²) in [6.07, 6.45) is 0. The summed E-state index contributed by atoms with van der Waals surface area (Å²) in [5.41, 5.74) is -0.345. The highest BCUT2D eigenvalue weighted by Gasteiger charge is 2.82. The lowest BCUT2D eigenvalue weighted by molar-refractivity contribution is -0.129. The molecule has 1 N–H and O–H groups in total. The first-order valence-electron chi connectivity index (χ1n) is 11.3. The number of Topliss-reactive ketones (excluding diaryl/α,β-unsaturated/α-hetero) is 2. The van der Waals surface area contributed by atoms with E-state index >= 15 is 0 Å². The quantitative estimate of drug-likeness (QED) is 0.396. The molecule has 2 spiro atoms. The lowest BCUT2D eigenvalue weighted by Gasteiger charge is -2.42. The van der Waals surface area contributed by atoms with Crippen LogP contribution < -0.4 is 5.32 Å². The van der Waals surface area contributed by atoms with Crippen molar-refractivity contribution in [2.24, 2.45) is 5.41 Å². The number of ketones is 2. The van der Waals surface area contributed by atoms with Gasteiger partial charge in [0.2, 0.25) is 0 Å². The standard InChI is InChI=1S/C27H18BrClN2O3S/c28-19-8-4-3-7-17(19)22-21-12-35-13-31(21)27(18-11-14(29)9-10-20(18)30-25(27)34)26(22)23(32)15-5-1-2-6-16(15)24(26)33/h1-11,21-22H,12-13H2,(H,30,34)/t21-,22-,27-/m0/s1. The number of amides is 1. The van der Waals surface area contributed by atoms with Gasteiger partial charge in [0.05, 0.1) is 0 Å². The van der Waals surface area contributed by atoms with E-state index in [9.17, 15) is 14.4 Å². The SMILES string of the molecule is O=C1c2ccccc2C(=O)C12[C@@H](c1ccccc1Br)[C@@H]1CSCN1[C@@]21C(=O)Nc2ccc(Cl)cc21. The highest BCUT2D eigenvalue weighted by molar-refractivity contribution is 9.10. The zero-order chi connectivity index (χ0) is 24.1. The van der Waals surface area contributed by atoms with Gasteiger partial charge in [0, 0.05) is 55.5 Å². The van der Waals surface area contributed by atoms with Crippen molar-refractivity contribution < 1.29 is 14.4 Å². The molecular weight excluding hydrogens is 548 g/mol. The number of nitrogens with one attached hydrogen (secondary N) is 1. The van der Waals surface area contributed by atoms with Gasteiger partial charge in [0.1, 0.15) is 5.41 Å². The fraction of sp³-hybridized carbons (Fsp3) is 0.222. The van der Waals surface area contributed by atoms with Crippen LogP contribution in [0.25, 0.3) is 0 Å². The van der Waals surface area contributed by atoms with Crippen LogP contribution >= 0.6 is 39.3 Å². The van der Waals surface area contributed by atoms with Crippen molar-refractivity contribution in [3.8, 4) is 0 Å². The molecule has 8 heteroatoms. The van der Waals surface area contributed by atoms with Gasteiger partial charge >= 0.3 is 0 Å². The van der Waals surface area contributed by atoms with Crippen molar-refractivity contribution in [2.75, 3.05) is 16.9 Å². The normalized spacial score (nSPS) is 28.0. The number of benzene rings is 3. The molecule has 3 aliphatic heterocycles. The van der Waals surface area contributed by atoms with Gasteiger partial charge in [-0.2, -0.15) is 0 Å². The van der Waals surface area contributed by atoms with Crippen LogP contribution in [0.1, 0.15) is 37.8 Å². The number of rotatable bonds is 1. The van der Waals surface area contributed by atoms with Crippen LogP contribution in [0.4, 0.5) is 5.69 Å². The Morgan fingerprint density at radius 1 is 0.971 bits per heavy atom. The van der Waals surface area contributed by atoms with Crippen molar-refractivity contribution in [2.45, 2.75) is 17.5 Å². The Bertz CT molecular complexity index is 1460. The van der Waals surface area contributed by atoms with E-state index in [4.69, 9.17) is 11.6 Å². The summed E-state index contributed by atoms with van der Waals surface area (Å²) in [6, 6.07) is 19.7. The molecule has 0 saturated carbocycles. The van der Waals surface area contributed by atoms with Gasteiger partial charge in [-0.15, -0.1) is 11.8 Å². The van der Waals surface area contributed by atoms with E-state index in [2.05, 4.69) is 26.1 Å². The Labute approximate surface area is 219 Å². The van der Waals surface area contributed by atoms with E-state index in [1.807, 2.05) is 24.3 Å². The molecule has 0 unspecified atom stereocenters. The number of hydrogen-bond donors (Lipinski definition) is 1. The van der Waals surface area contributed by atoms with Crippen molar-refractivity contribution in [3.63, 3.8) is 0 Å². The van der Waals surface area contributed by atoms with E-state index in [-0.39, 0.29) is 23.5 Å². The summed E-state index contributed by atoms with van der Waals surface area (Å²) in [6.45, 7) is 0. The van der Waals surface area contributed by atoms with Gasteiger partial charge in [-0.25, -0.2) is 0 Å². The van der Waals surface area contributed by atoms with Crippen molar-refractivity contribution in [1.29, 1.82) is 0 Å². The van der Waals surface area contributed by atoms with Crippen LogP contribution in [0.3, 0.4) is 0 Å². The van der Waals surface area contributed by atoms with Crippen LogP contribution in [-0.2, 0) is 10.3 Å². The van der Waals surface area contributed by atoms with Crippen molar-refractivity contribution >= 4 is 62.5 Å². The third kappa shape index (κ3) is 2.38. The second kappa shape index (κ2) is 7.29. The number of anilines is 1. The number of nitrogens with zero attached hydrogens (tertiary/aromatic N) is 1. The number of carbonyl (C=O) groups is 3. The molecule has 3 heterocycles. The summed E-state index contributed by atoms with van der Waals surface area (Å²) in [7, 11) is 0. The molecule has 1 amide bonds. The third-order valence-electron chi connectivity index (χ3n) is 8.09. The van der Waals surface area contributed by atoms with Crippen LogP contribution in [0, 0.1) is 5.41 Å². The predicted octanol–water partition coefficient (Wildman–Crippen LogP) is 5.49. The number of fused-ring (bicyclic) bond motifs is 6. The monoisotopic (exact) mass is 564 g/mol. The first-order chi connectivity index (χ1) is 16.9. The maximum atomic E-state index is 14.7. The fourth-order valence-electron chi connectivity index (χ4n) is 6.94. The summed E-state index contributed by atoms with van der Waals surface area (Å²) in [5, 5.41) is 3.47. The smallest absolute Gasteiger partial charge is 0.251 e. The maximum absolute atomic E-state index is 14.7. The van der Waals surface area contributed by atoms with Crippen LogP contribution in [0.5, 0.6) is 0 Å². The summed E-state index contributed by atoms with van der Waals surface area (Å²) in [4.78, 5) is 45.7. The molecule has 4 aliphatic rings. The molecule has 174 valence electrons. The molecule has 1 aliphatic carbocycles. The van der Waals surface area contributed by atoms with E-state index in [1.54, 1.807) is 54.2 Å². The highest BCUT2D eigenvalue weighted by Crippen LogP contribution is 2.70. The molecular formula is C27H18BrClN2O3S. The van der Waals surface area contributed by atoms with Crippen LogP contribution in [0.2, 0.25) is 5.02 Å². The average molecular weight is 566 g/mol. The zero-order valence-electron chi connectivity index (χ0n) is 18.3. The minimum absolute atomic E-state index is 0.198. The second-order valence-electron chi connectivity index (χ2n) is 9.40. The summed E-state index contributed by atoms with van der Waals surface area (Å²) in [5.74, 6) is -0.218. The van der Waals surface area contributed by atoms with E-state index in [0.29, 0.717) is 39.0 Å². The van der Waals surface area contributed by atoms with Gasteiger partial charge in [-0.05, 0) is 29.8 Å². The largest absolute Gasteiger partial charge is 0.324 e. The van der Waals surface area contributed by atoms with E-state index < -0.39 is 16.9 Å². The third-order valence-corrected chi connectivity index (χ3v) is 10.1. The predicted molar refractivity (Wildman–Crippen MR) is 139 cm³/mol. The van der Waals surface area contributed by atoms with Gasteiger partial charge in [-0.3, -0.25) is 19.3 Å². The van der Waals surface area contributed by atoms with Crippen LogP contribution in [-0.4, -0.2) is 40.0 Å². The molecule has 0 bridgehead atoms. The first-order valence-corrected chi connectivity index (χ1v) is 13.7. The molecule has 3 aromatic carbocycles. The van der Waals surface area contributed by atoms with Crippen molar-refractivity contribution in [3.05, 3.63) is 98.5 Å². The minimum atomic E-state index is -1.66. The summed E-state index contributed by atoms with van der Waals surface area (Å²) >= 11 is 11.9. The Balaban J connectivity index is 1.65. The number of thioether (sulfide) groups is 1. The molecule has 7 rings (SSSR count). The fourth-order valence-corrected chi connectivity index (χ4v) is 8.95. The Kier molecular flexibility index (Phi) is 4.54. The van der Waals surface area contributed by atoms with Crippen molar-refractivity contribution in [1.82, 2.24) is 4.90 Å². The van der Waals surface area contributed by atoms with Gasteiger partial charge < -0.3 is 5.32 Å². The topological polar surface area (TPSA) is 66.5 Å². The Hall–Kier alpha value is -2.45. The number of halogens is 2. The maximum Gasteiger partial charge on any atom is 0.251 e. The lowest BCUT2D eigenvalue weighted by Crippen LogP contribution is -2.60. The Morgan fingerprint density at radius 2 is 1.66 bits per heavy atom. The molecule has 3 atom stereocenters. The van der Waals surface area contributed by atoms with Gasteiger partial charge in [0.15, 0.2) is 17.1 Å². The Morgan fingerprint density at radius 3 is 2.37 bits per heavy atom. The van der Waals surface area contributed by atoms with E-state index in [0.717, 1.165) is 10.0 Å². The molecule has 2 fully saturated rings. The lowest BCUT2D eigenvalue weighted by atomic mass is 9.57. The molecule has 5 nitrogen and oxygen atoms in total. The average Bonchev–Trinajstić information content (AvgIpc) is 3.55. The molecule has 3 aromatic rings. The molecule has 0 radical (unpaired) electrons. The molecule has 2 saturated heterocycles. The zero-order valence-corrected chi connectivity index (χ0v) is 21.4. The van der Waals surface area contributed by atoms with Crippen LogP contribution in [0.15, 0.2) is 71.2 Å². The minimum Gasteiger partial charge on any atom is -0.324 e. The number of carbonyl (C=O) groups excluding carboxylic acids is 3. The second-order valence-corrected chi connectivity index (χ2v) is 11.7. The number of hydrogen-bond acceptors (Lipinski definition) is 5. The van der Waals surface area contributed by atoms with Gasteiger partial charge in [0.25, 0.3) is 5.91 Å². The highest BCUT2D eigenvalue weighted by atomic mass is 79.9. The van der Waals surface area contributed by atoms with E-state index in [1.165, 1.54) is 0 Å². The van der Waals surface area contributed by atoms with Gasteiger partial charge in [-0.1, -0.05) is 70.0 Å².